The Labute approximate surface area is 145 Å². The summed E-state index contributed by atoms with van der Waals surface area (Å²) in [6.45, 7) is 1.08. The molecule has 6 heteroatoms. The SMILES string of the molecule is O=C(N[C@H](Cc1ccccc1)C(=O)O)c1ccc2c(c1)OCCCO2. The highest BCUT2D eigenvalue weighted by atomic mass is 16.5. The van der Waals surface area contributed by atoms with E-state index in [-0.39, 0.29) is 6.42 Å². The lowest BCUT2D eigenvalue weighted by Crippen LogP contribution is -2.42. The van der Waals surface area contributed by atoms with E-state index < -0.39 is 17.9 Å². The number of aliphatic carboxylic acids is 1. The first kappa shape index (κ1) is 16.8. The van der Waals surface area contributed by atoms with Crippen molar-refractivity contribution >= 4 is 11.9 Å². The average Bonchev–Trinajstić information content (AvgIpc) is 2.86. The third kappa shape index (κ3) is 4.29. The second-order valence-electron chi connectivity index (χ2n) is 5.77. The summed E-state index contributed by atoms with van der Waals surface area (Å²) in [7, 11) is 0. The van der Waals surface area contributed by atoms with E-state index in [1.165, 1.54) is 0 Å². The van der Waals surface area contributed by atoms with E-state index in [0.29, 0.717) is 30.3 Å². The molecule has 1 amide bonds. The Hall–Kier alpha value is -3.02. The van der Waals surface area contributed by atoms with Crippen molar-refractivity contribution in [2.75, 3.05) is 13.2 Å². The quantitative estimate of drug-likeness (QED) is 0.871. The van der Waals surface area contributed by atoms with Crippen LogP contribution >= 0.6 is 0 Å². The topological polar surface area (TPSA) is 84.9 Å². The molecule has 1 aliphatic rings. The molecule has 0 radical (unpaired) electrons. The zero-order chi connectivity index (χ0) is 17.6. The fourth-order valence-corrected chi connectivity index (χ4v) is 2.60. The Morgan fingerprint density at radius 3 is 2.48 bits per heavy atom. The van der Waals surface area contributed by atoms with Gasteiger partial charge >= 0.3 is 5.97 Å². The Balaban J connectivity index is 1.73. The molecule has 3 rings (SSSR count). The number of carbonyl (C=O) groups is 2. The Morgan fingerprint density at radius 1 is 1.04 bits per heavy atom. The van der Waals surface area contributed by atoms with Gasteiger partial charge in [-0.25, -0.2) is 4.79 Å². The normalized spacial score (nSPS) is 14.2. The lowest BCUT2D eigenvalue weighted by atomic mass is 10.1. The van der Waals surface area contributed by atoms with Crippen LogP contribution in [0, 0.1) is 0 Å². The molecule has 0 saturated carbocycles. The number of hydrogen-bond donors (Lipinski definition) is 2. The van der Waals surface area contributed by atoms with Gasteiger partial charge in [-0.1, -0.05) is 30.3 Å². The van der Waals surface area contributed by atoms with E-state index in [9.17, 15) is 14.7 Å². The molecule has 1 atom stereocenters. The Morgan fingerprint density at radius 2 is 1.76 bits per heavy atom. The van der Waals surface area contributed by atoms with E-state index in [2.05, 4.69) is 5.32 Å². The van der Waals surface area contributed by atoms with Gasteiger partial charge in [-0.2, -0.15) is 0 Å². The minimum Gasteiger partial charge on any atom is -0.490 e. The van der Waals surface area contributed by atoms with E-state index in [1.807, 2.05) is 30.3 Å². The number of ether oxygens (including phenoxy) is 2. The first-order valence-electron chi connectivity index (χ1n) is 8.11. The molecule has 0 spiro atoms. The van der Waals surface area contributed by atoms with Crippen LogP contribution in [0.2, 0.25) is 0 Å². The first-order chi connectivity index (χ1) is 12.1. The standard InChI is InChI=1S/C19H19NO5/c21-18(14-7-8-16-17(12-14)25-10-4-9-24-16)20-15(19(22)23)11-13-5-2-1-3-6-13/h1-3,5-8,12,15H,4,9-11H2,(H,20,21)(H,22,23)/t15-/m1/s1. The van der Waals surface area contributed by atoms with Crippen molar-refractivity contribution in [3.63, 3.8) is 0 Å². The highest BCUT2D eigenvalue weighted by molar-refractivity contribution is 5.97. The molecule has 1 heterocycles. The largest absolute Gasteiger partial charge is 0.490 e. The van der Waals surface area contributed by atoms with Gasteiger partial charge < -0.3 is 19.9 Å². The van der Waals surface area contributed by atoms with Crippen LogP contribution in [0.4, 0.5) is 0 Å². The lowest BCUT2D eigenvalue weighted by molar-refractivity contribution is -0.139. The van der Waals surface area contributed by atoms with Gasteiger partial charge in [0.15, 0.2) is 11.5 Å². The van der Waals surface area contributed by atoms with Crippen molar-refractivity contribution in [2.24, 2.45) is 0 Å². The molecule has 25 heavy (non-hydrogen) atoms. The fourth-order valence-electron chi connectivity index (χ4n) is 2.60. The minimum absolute atomic E-state index is 0.215. The molecular formula is C19H19NO5. The van der Waals surface area contributed by atoms with Gasteiger partial charge in [0.1, 0.15) is 6.04 Å². The number of carboxylic acids is 1. The molecule has 0 aromatic heterocycles. The smallest absolute Gasteiger partial charge is 0.326 e. The maximum Gasteiger partial charge on any atom is 0.326 e. The van der Waals surface area contributed by atoms with Gasteiger partial charge in [-0.3, -0.25) is 4.79 Å². The van der Waals surface area contributed by atoms with Crippen LogP contribution in [0.5, 0.6) is 11.5 Å². The molecule has 6 nitrogen and oxygen atoms in total. The molecule has 2 N–H and O–H groups in total. The third-order valence-electron chi connectivity index (χ3n) is 3.90. The molecule has 1 aliphatic heterocycles. The van der Waals surface area contributed by atoms with Crippen molar-refractivity contribution in [1.82, 2.24) is 5.32 Å². The summed E-state index contributed by atoms with van der Waals surface area (Å²) in [5, 5.41) is 12.0. The second kappa shape index (κ2) is 7.70. The van der Waals surface area contributed by atoms with Crippen LogP contribution in [-0.4, -0.2) is 36.2 Å². The molecule has 0 unspecified atom stereocenters. The van der Waals surface area contributed by atoms with Crippen LogP contribution in [-0.2, 0) is 11.2 Å². The van der Waals surface area contributed by atoms with Crippen molar-refractivity contribution in [2.45, 2.75) is 18.9 Å². The Bertz CT molecular complexity index is 760. The van der Waals surface area contributed by atoms with Crippen LogP contribution in [0.15, 0.2) is 48.5 Å². The van der Waals surface area contributed by atoms with Gasteiger partial charge in [0.25, 0.3) is 5.91 Å². The predicted octanol–water partition coefficient (Wildman–Crippen LogP) is 2.27. The number of amides is 1. The summed E-state index contributed by atoms with van der Waals surface area (Å²) in [5.74, 6) is -0.446. The van der Waals surface area contributed by atoms with E-state index in [4.69, 9.17) is 9.47 Å². The third-order valence-corrected chi connectivity index (χ3v) is 3.90. The number of carboxylic acid groups (broad SMARTS) is 1. The maximum absolute atomic E-state index is 12.5. The molecule has 0 bridgehead atoms. The molecule has 0 fully saturated rings. The van der Waals surface area contributed by atoms with Crippen LogP contribution in [0.1, 0.15) is 22.3 Å². The summed E-state index contributed by atoms with van der Waals surface area (Å²) in [6, 6.07) is 13.0. The van der Waals surface area contributed by atoms with Crippen molar-refractivity contribution in [3.05, 3.63) is 59.7 Å². The summed E-state index contributed by atoms with van der Waals surface area (Å²) < 4.78 is 11.1. The van der Waals surface area contributed by atoms with E-state index >= 15 is 0 Å². The molecular weight excluding hydrogens is 322 g/mol. The number of carbonyl (C=O) groups excluding carboxylic acids is 1. The monoisotopic (exact) mass is 341 g/mol. The summed E-state index contributed by atoms with van der Waals surface area (Å²) >= 11 is 0. The van der Waals surface area contributed by atoms with Gasteiger partial charge in [0.05, 0.1) is 13.2 Å². The first-order valence-corrected chi connectivity index (χ1v) is 8.11. The van der Waals surface area contributed by atoms with Gasteiger partial charge in [-0.05, 0) is 23.8 Å². The lowest BCUT2D eigenvalue weighted by Gasteiger charge is -2.15. The predicted molar refractivity (Wildman–Crippen MR) is 91.1 cm³/mol. The van der Waals surface area contributed by atoms with Crippen LogP contribution < -0.4 is 14.8 Å². The van der Waals surface area contributed by atoms with E-state index in [0.717, 1.165) is 12.0 Å². The number of hydrogen-bond acceptors (Lipinski definition) is 4. The molecule has 0 aliphatic carbocycles. The Kier molecular flexibility index (Phi) is 5.18. The zero-order valence-corrected chi connectivity index (χ0v) is 13.6. The molecule has 130 valence electrons. The van der Waals surface area contributed by atoms with Gasteiger partial charge in [0, 0.05) is 18.4 Å². The van der Waals surface area contributed by atoms with Crippen LogP contribution in [0.3, 0.4) is 0 Å². The summed E-state index contributed by atoms with van der Waals surface area (Å²) in [6.07, 6.45) is 0.987. The number of fused-ring (bicyclic) bond motifs is 1. The number of nitrogens with one attached hydrogen (secondary N) is 1. The van der Waals surface area contributed by atoms with Crippen LogP contribution in [0.25, 0.3) is 0 Å². The van der Waals surface area contributed by atoms with Crippen molar-refractivity contribution in [3.8, 4) is 11.5 Å². The maximum atomic E-state index is 12.5. The van der Waals surface area contributed by atoms with Crippen molar-refractivity contribution < 1.29 is 24.2 Å². The van der Waals surface area contributed by atoms with Gasteiger partial charge in [-0.15, -0.1) is 0 Å². The van der Waals surface area contributed by atoms with Gasteiger partial charge in [0.2, 0.25) is 0 Å². The second-order valence-corrected chi connectivity index (χ2v) is 5.77. The highest BCUT2D eigenvalue weighted by Crippen LogP contribution is 2.30. The summed E-state index contributed by atoms with van der Waals surface area (Å²) in [4.78, 5) is 23.9. The molecule has 2 aromatic rings. The molecule has 0 saturated heterocycles. The van der Waals surface area contributed by atoms with Crippen molar-refractivity contribution in [1.29, 1.82) is 0 Å². The highest BCUT2D eigenvalue weighted by Gasteiger charge is 2.22. The number of benzene rings is 2. The summed E-state index contributed by atoms with van der Waals surface area (Å²) in [5.41, 5.74) is 1.18. The average molecular weight is 341 g/mol. The van der Waals surface area contributed by atoms with E-state index in [1.54, 1.807) is 18.2 Å². The fraction of sp³-hybridized carbons (Fsp3) is 0.263. The minimum atomic E-state index is -1.08. The number of rotatable bonds is 5. The zero-order valence-electron chi connectivity index (χ0n) is 13.6. The molecule has 2 aromatic carbocycles.